The Morgan fingerprint density at radius 2 is 1.89 bits per heavy atom. The van der Waals surface area contributed by atoms with Gasteiger partial charge in [0.15, 0.2) is 0 Å². The van der Waals surface area contributed by atoms with Crippen molar-refractivity contribution in [2.24, 2.45) is 0 Å². The molecule has 0 fully saturated rings. The van der Waals surface area contributed by atoms with Gasteiger partial charge < -0.3 is 0 Å². The van der Waals surface area contributed by atoms with Crippen molar-refractivity contribution in [3.63, 3.8) is 0 Å². The van der Waals surface area contributed by atoms with Crippen molar-refractivity contribution in [3.8, 4) is 0 Å². The summed E-state index contributed by atoms with van der Waals surface area (Å²) < 4.78 is 0. The van der Waals surface area contributed by atoms with Gasteiger partial charge in [-0.15, -0.1) is 11.6 Å². The summed E-state index contributed by atoms with van der Waals surface area (Å²) in [6.45, 7) is 0. The fourth-order valence-electron chi connectivity index (χ4n) is 3.13. The lowest BCUT2D eigenvalue weighted by Crippen LogP contribution is -1.97. The van der Waals surface area contributed by atoms with Crippen LogP contribution < -0.4 is 0 Å². The maximum atomic E-state index is 6.07. The molecule has 0 heterocycles. The highest BCUT2D eigenvalue weighted by Gasteiger charge is 2.14. The standard InChI is InChI=1S/C18H13Cl/c19-11-14-8-9-17-15-6-2-1-4-12(15)10-13-5-3-7-16(14)18(13)17/h1-4,6-10H,5,11H2. The maximum absolute atomic E-state index is 6.07. The molecule has 0 spiro atoms. The van der Waals surface area contributed by atoms with Crippen LogP contribution in [0.25, 0.3) is 27.6 Å². The van der Waals surface area contributed by atoms with E-state index < -0.39 is 0 Å². The Morgan fingerprint density at radius 3 is 2.79 bits per heavy atom. The highest BCUT2D eigenvalue weighted by molar-refractivity contribution is 6.18. The van der Waals surface area contributed by atoms with Crippen LogP contribution in [0.4, 0.5) is 0 Å². The van der Waals surface area contributed by atoms with Gasteiger partial charge in [-0.2, -0.15) is 0 Å². The van der Waals surface area contributed by atoms with Gasteiger partial charge in [0.1, 0.15) is 0 Å². The highest BCUT2D eigenvalue weighted by atomic mass is 35.5. The van der Waals surface area contributed by atoms with Gasteiger partial charge in [-0.05, 0) is 44.7 Å². The molecule has 0 nitrogen and oxygen atoms in total. The van der Waals surface area contributed by atoms with Crippen LogP contribution in [0.5, 0.6) is 0 Å². The van der Waals surface area contributed by atoms with Crippen molar-refractivity contribution in [2.75, 3.05) is 0 Å². The number of benzene rings is 3. The Hall–Kier alpha value is -1.79. The summed E-state index contributed by atoms with van der Waals surface area (Å²) in [6.07, 6.45) is 5.48. The van der Waals surface area contributed by atoms with E-state index in [9.17, 15) is 0 Å². The molecular weight excluding hydrogens is 252 g/mol. The SMILES string of the molecule is ClCc1ccc2c3c(cc4ccccc42)CC=Cc13. The molecule has 0 saturated carbocycles. The molecule has 1 aliphatic carbocycles. The lowest BCUT2D eigenvalue weighted by Gasteiger charge is -2.17. The van der Waals surface area contributed by atoms with Crippen molar-refractivity contribution in [1.82, 2.24) is 0 Å². The summed E-state index contributed by atoms with van der Waals surface area (Å²) in [7, 11) is 0. The third kappa shape index (κ3) is 1.53. The highest BCUT2D eigenvalue weighted by Crippen LogP contribution is 2.36. The first-order chi connectivity index (χ1) is 9.38. The van der Waals surface area contributed by atoms with E-state index in [1.807, 2.05) is 0 Å². The Kier molecular flexibility index (Phi) is 2.39. The quantitative estimate of drug-likeness (QED) is 0.413. The lowest BCUT2D eigenvalue weighted by molar-refractivity contribution is 1.28. The molecule has 1 heteroatoms. The van der Waals surface area contributed by atoms with Crippen molar-refractivity contribution in [2.45, 2.75) is 12.3 Å². The molecule has 1 aliphatic rings. The zero-order chi connectivity index (χ0) is 12.8. The summed E-state index contributed by atoms with van der Waals surface area (Å²) >= 11 is 6.07. The van der Waals surface area contributed by atoms with E-state index in [4.69, 9.17) is 11.6 Å². The van der Waals surface area contributed by atoms with Crippen LogP contribution in [-0.2, 0) is 12.3 Å². The Bertz CT molecular complexity index is 828. The molecule has 4 rings (SSSR count). The molecule has 0 aromatic heterocycles. The summed E-state index contributed by atoms with van der Waals surface area (Å²) in [4.78, 5) is 0. The number of hydrogen-bond acceptors (Lipinski definition) is 0. The van der Waals surface area contributed by atoms with Gasteiger partial charge in [-0.1, -0.05) is 54.6 Å². The van der Waals surface area contributed by atoms with Gasteiger partial charge in [-0.3, -0.25) is 0 Å². The fourth-order valence-corrected chi connectivity index (χ4v) is 3.37. The smallest absolute Gasteiger partial charge is 0.0480 e. The Morgan fingerprint density at radius 1 is 1.00 bits per heavy atom. The molecule has 0 atom stereocenters. The average Bonchev–Trinajstić information content (AvgIpc) is 2.48. The number of fused-ring (bicyclic) bond motifs is 2. The van der Waals surface area contributed by atoms with Crippen molar-refractivity contribution >= 4 is 39.2 Å². The van der Waals surface area contributed by atoms with E-state index in [1.165, 1.54) is 38.2 Å². The lowest BCUT2D eigenvalue weighted by atomic mass is 9.87. The molecule has 19 heavy (non-hydrogen) atoms. The number of hydrogen-bond donors (Lipinski definition) is 0. The molecule has 0 aliphatic heterocycles. The van der Waals surface area contributed by atoms with E-state index in [0.29, 0.717) is 5.88 Å². The minimum Gasteiger partial charge on any atom is -0.122 e. The van der Waals surface area contributed by atoms with Gasteiger partial charge in [0.05, 0.1) is 0 Å². The average molecular weight is 265 g/mol. The molecule has 0 saturated heterocycles. The van der Waals surface area contributed by atoms with Crippen molar-refractivity contribution in [1.29, 1.82) is 0 Å². The van der Waals surface area contributed by atoms with Gasteiger partial charge in [0.25, 0.3) is 0 Å². The molecule has 92 valence electrons. The second kappa shape index (κ2) is 4.11. The maximum Gasteiger partial charge on any atom is 0.0480 e. The molecule has 0 unspecified atom stereocenters. The third-order valence-electron chi connectivity index (χ3n) is 4.00. The fraction of sp³-hybridized carbons (Fsp3) is 0.111. The van der Waals surface area contributed by atoms with Gasteiger partial charge in [0.2, 0.25) is 0 Å². The minimum absolute atomic E-state index is 0.571. The van der Waals surface area contributed by atoms with Crippen LogP contribution in [0.2, 0.25) is 0 Å². The van der Waals surface area contributed by atoms with Crippen LogP contribution >= 0.6 is 11.6 Å². The summed E-state index contributed by atoms with van der Waals surface area (Å²) in [5, 5.41) is 5.39. The topological polar surface area (TPSA) is 0 Å². The molecule has 0 radical (unpaired) electrons. The van der Waals surface area contributed by atoms with E-state index in [-0.39, 0.29) is 0 Å². The number of rotatable bonds is 1. The second-order valence-electron chi connectivity index (χ2n) is 5.06. The summed E-state index contributed by atoms with van der Waals surface area (Å²) in [5.41, 5.74) is 3.94. The van der Waals surface area contributed by atoms with E-state index in [2.05, 4.69) is 54.6 Å². The van der Waals surface area contributed by atoms with E-state index in [0.717, 1.165) is 6.42 Å². The molecule has 3 aromatic carbocycles. The number of alkyl halides is 1. The summed E-state index contributed by atoms with van der Waals surface area (Å²) in [6, 6.07) is 15.3. The predicted molar refractivity (Wildman–Crippen MR) is 83.7 cm³/mol. The van der Waals surface area contributed by atoms with E-state index in [1.54, 1.807) is 0 Å². The molecule has 0 bridgehead atoms. The van der Waals surface area contributed by atoms with Crippen LogP contribution in [0, 0.1) is 0 Å². The van der Waals surface area contributed by atoms with Crippen LogP contribution in [-0.4, -0.2) is 0 Å². The zero-order valence-electron chi connectivity index (χ0n) is 10.5. The first-order valence-electron chi connectivity index (χ1n) is 6.57. The molecule has 0 amide bonds. The van der Waals surface area contributed by atoms with E-state index >= 15 is 0 Å². The van der Waals surface area contributed by atoms with Crippen LogP contribution in [0.1, 0.15) is 16.7 Å². The first kappa shape index (κ1) is 11.1. The number of allylic oxidation sites excluding steroid dienone is 1. The second-order valence-corrected chi connectivity index (χ2v) is 5.33. The third-order valence-corrected chi connectivity index (χ3v) is 4.29. The normalized spacial score (nSPS) is 13.3. The van der Waals surface area contributed by atoms with Crippen molar-refractivity contribution in [3.05, 3.63) is 65.2 Å². The van der Waals surface area contributed by atoms with Gasteiger partial charge in [0, 0.05) is 5.88 Å². The Labute approximate surface area is 117 Å². The molecular formula is C18H13Cl. The Balaban J connectivity index is 2.27. The largest absolute Gasteiger partial charge is 0.122 e. The van der Waals surface area contributed by atoms with Crippen LogP contribution in [0.15, 0.2) is 48.5 Å². The predicted octanol–water partition coefficient (Wildman–Crippen LogP) is 5.30. The summed E-state index contributed by atoms with van der Waals surface area (Å²) in [5.74, 6) is 0.571. The number of halogens is 1. The zero-order valence-corrected chi connectivity index (χ0v) is 11.2. The van der Waals surface area contributed by atoms with Gasteiger partial charge >= 0.3 is 0 Å². The molecule has 3 aromatic rings. The monoisotopic (exact) mass is 264 g/mol. The van der Waals surface area contributed by atoms with Gasteiger partial charge in [-0.25, -0.2) is 0 Å². The molecule has 0 N–H and O–H groups in total. The van der Waals surface area contributed by atoms with Crippen LogP contribution in [0.3, 0.4) is 0 Å². The minimum atomic E-state index is 0.571. The first-order valence-corrected chi connectivity index (χ1v) is 7.10. The van der Waals surface area contributed by atoms with Crippen molar-refractivity contribution < 1.29 is 0 Å².